The average Bonchev–Trinajstić information content (AvgIpc) is 3.37. The number of nitrogens with two attached hydrogens (primary N) is 1. The first-order chi connectivity index (χ1) is 13.1. The first kappa shape index (κ1) is 19.0. The van der Waals surface area contributed by atoms with Gasteiger partial charge in [-0.1, -0.05) is 55.8 Å². The number of nitriles is 1. The second-order valence-corrected chi connectivity index (χ2v) is 7.15. The molecule has 3 heterocycles. The summed E-state index contributed by atoms with van der Waals surface area (Å²) in [5, 5.41) is 13.4. The largest absolute Gasteiger partial charge is 0.384 e. The Morgan fingerprint density at radius 1 is 1.30 bits per heavy atom. The van der Waals surface area contributed by atoms with Crippen molar-refractivity contribution in [1.82, 2.24) is 14.6 Å². The Kier molecular flexibility index (Phi) is 6.14. The molecule has 8 heteroatoms. The van der Waals surface area contributed by atoms with Crippen LogP contribution in [-0.2, 0) is 0 Å². The molecule has 0 atom stereocenters. The van der Waals surface area contributed by atoms with Crippen LogP contribution in [0.4, 0.5) is 5.82 Å². The number of nitrogen functional groups attached to an aromatic ring is 1. The summed E-state index contributed by atoms with van der Waals surface area (Å²) >= 11 is 1.50. The molecule has 1 fully saturated rings. The SMILES string of the molecule is CSc1cc(N)nc2c(C(=O)c3ccccc3)cnn12.N#CB1CCCC1. The van der Waals surface area contributed by atoms with E-state index >= 15 is 0 Å². The molecule has 3 aromatic rings. The van der Waals surface area contributed by atoms with Crippen molar-refractivity contribution in [3.63, 3.8) is 0 Å². The minimum absolute atomic E-state index is 0.106. The second-order valence-electron chi connectivity index (χ2n) is 6.32. The number of carbonyl (C=O) groups is 1. The fourth-order valence-electron chi connectivity index (χ4n) is 3.06. The van der Waals surface area contributed by atoms with Gasteiger partial charge in [-0.05, 0) is 6.26 Å². The van der Waals surface area contributed by atoms with E-state index in [0.29, 0.717) is 29.3 Å². The summed E-state index contributed by atoms with van der Waals surface area (Å²) in [7, 11) is 0. The van der Waals surface area contributed by atoms with Crippen molar-refractivity contribution < 1.29 is 4.79 Å². The number of nitrogens with zero attached hydrogens (tertiary/aromatic N) is 4. The maximum Gasteiger partial charge on any atom is 0.267 e. The highest BCUT2D eigenvalue weighted by Gasteiger charge is 2.18. The molecule has 6 nitrogen and oxygen atoms in total. The summed E-state index contributed by atoms with van der Waals surface area (Å²) in [6.07, 6.45) is 8.31. The van der Waals surface area contributed by atoms with Crippen molar-refractivity contribution in [3.05, 3.63) is 53.7 Å². The Labute approximate surface area is 162 Å². The third-order valence-electron chi connectivity index (χ3n) is 4.49. The average molecular weight is 377 g/mol. The summed E-state index contributed by atoms with van der Waals surface area (Å²) in [6.45, 7) is 0.403. The van der Waals surface area contributed by atoms with Gasteiger partial charge in [-0.2, -0.15) is 5.10 Å². The number of aromatic nitrogens is 3. The Hall–Kier alpha value is -2.79. The molecule has 0 amide bonds. The topological polar surface area (TPSA) is 97.1 Å². The van der Waals surface area contributed by atoms with Gasteiger partial charge in [0.15, 0.2) is 11.4 Å². The van der Waals surface area contributed by atoms with E-state index in [-0.39, 0.29) is 5.78 Å². The summed E-state index contributed by atoms with van der Waals surface area (Å²) in [5.74, 6) is 2.54. The third kappa shape index (κ3) is 4.31. The van der Waals surface area contributed by atoms with Gasteiger partial charge in [-0.15, -0.1) is 11.8 Å². The van der Waals surface area contributed by atoms with Gasteiger partial charge in [-0.25, -0.2) is 14.8 Å². The monoisotopic (exact) mass is 377 g/mol. The van der Waals surface area contributed by atoms with Crippen LogP contribution < -0.4 is 5.73 Å². The quantitative estimate of drug-likeness (QED) is 0.324. The first-order valence-electron chi connectivity index (χ1n) is 8.81. The number of carbonyl (C=O) groups excluding carboxylic acids is 1. The van der Waals surface area contributed by atoms with Crippen molar-refractivity contribution in [2.24, 2.45) is 0 Å². The van der Waals surface area contributed by atoms with Gasteiger partial charge in [0.25, 0.3) is 6.71 Å². The molecule has 136 valence electrons. The molecule has 4 rings (SSSR count). The molecule has 0 unspecified atom stereocenters. The molecule has 0 aliphatic carbocycles. The highest BCUT2D eigenvalue weighted by Crippen LogP contribution is 2.22. The first-order valence-corrected chi connectivity index (χ1v) is 10.0. The number of ketones is 1. The molecule has 27 heavy (non-hydrogen) atoms. The maximum absolute atomic E-state index is 12.5. The zero-order chi connectivity index (χ0) is 19.2. The zero-order valence-electron chi connectivity index (χ0n) is 15.1. The Balaban J connectivity index is 0.000000253. The highest BCUT2D eigenvalue weighted by atomic mass is 32.2. The van der Waals surface area contributed by atoms with Crippen LogP contribution in [0.2, 0.25) is 12.6 Å². The lowest BCUT2D eigenvalue weighted by Crippen LogP contribution is -2.04. The van der Waals surface area contributed by atoms with Crippen molar-refractivity contribution >= 4 is 35.7 Å². The lowest BCUT2D eigenvalue weighted by molar-refractivity contribution is 0.104. The third-order valence-corrected chi connectivity index (χ3v) is 5.20. The van der Waals surface area contributed by atoms with Crippen LogP contribution >= 0.6 is 11.8 Å². The lowest BCUT2D eigenvalue weighted by atomic mass is 9.50. The predicted octanol–water partition coefficient (Wildman–Crippen LogP) is 3.60. The van der Waals surface area contributed by atoms with Crippen molar-refractivity contribution in [2.75, 3.05) is 12.0 Å². The normalized spacial score (nSPS) is 13.1. The second kappa shape index (κ2) is 8.74. The molecule has 0 radical (unpaired) electrons. The highest BCUT2D eigenvalue weighted by molar-refractivity contribution is 7.98. The molecular formula is C19H20BN5OS. The smallest absolute Gasteiger partial charge is 0.267 e. The summed E-state index contributed by atoms with van der Waals surface area (Å²) in [4.78, 5) is 16.7. The number of anilines is 1. The summed E-state index contributed by atoms with van der Waals surface area (Å²) < 4.78 is 1.64. The number of rotatable bonds is 3. The Morgan fingerprint density at radius 2 is 2.00 bits per heavy atom. The molecule has 1 aliphatic rings. The van der Waals surface area contributed by atoms with Crippen LogP contribution in [0.1, 0.15) is 28.8 Å². The minimum Gasteiger partial charge on any atom is -0.384 e. The summed E-state index contributed by atoms with van der Waals surface area (Å²) in [6, 6.07) is 10.8. The van der Waals surface area contributed by atoms with Crippen molar-refractivity contribution in [2.45, 2.75) is 30.5 Å². The van der Waals surface area contributed by atoms with E-state index in [9.17, 15) is 4.79 Å². The molecule has 1 saturated heterocycles. The molecule has 2 aromatic heterocycles. The lowest BCUT2D eigenvalue weighted by Gasteiger charge is -2.03. The molecule has 0 spiro atoms. The van der Waals surface area contributed by atoms with Gasteiger partial charge in [0.05, 0.1) is 11.8 Å². The number of benzene rings is 1. The molecule has 2 N–H and O–H groups in total. The van der Waals surface area contributed by atoms with Crippen molar-refractivity contribution in [1.29, 1.82) is 5.26 Å². The van der Waals surface area contributed by atoms with Crippen LogP contribution in [0, 0.1) is 11.2 Å². The fourth-order valence-corrected chi connectivity index (χ4v) is 3.60. The van der Waals surface area contributed by atoms with Crippen LogP contribution in [0.15, 0.2) is 47.6 Å². The van der Waals surface area contributed by atoms with Gasteiger partial charge in [0, 0.05) is 17.6 Å². The van der Waals surface area contributed by atoms with E-state index in [1.54, 1.807) is 22.7 Å². The van der Waals surface area contributed by atoms with Crippen LogP contribution in [0.3, 0.4) is 0 Å². The van der Waals surface area contributed by atoms with E-state index < -0.39 is 0 Å². The van der Waals surface area contributed by atoms with Gasteiger partial charge in [0.1, 0.15) is 10.8 Å². The van der Waals surface area contributed by atoms with Gasteiger partial charge in [-0.3, -0.25) is 4.79 Å². The van der Waals surface area contributed by atoms with Crippen LogP contribution in [0.5, 0.6) is 0 Å². The van der Waals surface area contributed by atoms with E-state index in [0.717, 1.165) is 17.7 Å². The van der Waals surface area contributed by atoms with Gasteiger partial charge < -0.3 is 5.73 Å². The number of fused-ring (bicyclic) bond motifs is 1. The number of hydrogen-bond acceptors (Lipinski definition) is 6. The van der Waals surface area contributed by atoms with Gasteiger partial charge in [0.2, 0.25) is 0 Å². The molecule has 0 saturated carbocycles. The fraction of sp³-hybridized carbons (Fsp3) is 0.263. The molecule has 0 bridgehead atoms. The zero-order valence-corrected chi connectivity index (χ0v) is 15.9. The summed E-state index contributed by atoms with van der Waals surface area (Å²) in [5.41, 5.74) is 7.35. The number of thioether (sulfide) groups is 1. The Morgan fingerprint density at radius 3 is 2.59 bits per heavy atom. The molecular weight excluding hydrogens is 357 g/mol. The Bertz CT molecular complexity index is 977. The standard InChI is InChI=1S/C14H12N4OS.C5H8BN/c1-20-12-7-11(15)17-14-10(8-16-18(12)14)13(19)9-5-3-2-4-6-9;7-5-6-3-1-2-4-6/h2-8H,1H3,(H2,15,17);1-4H2. The number of hydrogen-bond donors (Lipinski definition) is 1. The van der Waals surface area contributed by atoms with Crippen LogP contribution in [0.25, 0.3) is 5.65 Å². The molecule has 1 aliphatic heterocycles. The van der Waals surface area contributed by atoms with E-state index in [2.05, 4.69) is 16.1 Å². The van der Waals surface area contributed by atoms with E-state index in [4.69, 9.17) is 11.0 Å². The van der Waals surface area contributed by atoms with Gasteiger partial charge >= 0.3 is 0 Å². The van der Waals surface area contributed by atoms with Crippen LogP contribution in [-0.4, -0.2) is 33.3 Å². The van der Waals surface area contributed by atoms with E-state index in [1.165, 1.54) is 30.8 Å². The maximum atomic E-state index is 12.5. The van der Waals surface area contributed by atoms with Crippen molar-refractivity contribution in [3.8, 4) is 5.97 Å². The van der Waals surface area contributed by atoms with E-state index in [1.807, 2.05) is 24.5 Å². The minimum atomic E-state index is -0.106. The molecule has 1 aromatic carbocycles. The predicted molar refractivity (Wildman–Crippen MR) is 109 cm³/mol.